The highest BCUT2D eigenvalue weighted by Gasteiger charge is 2.21. The van der Waals surface area contributed by atoms with E-state index in [0.717, 1.165) is 6.08 Å². The summed E-state index contributed by atoms with van der Waals surface area (Å²) in [5.74, 6) is -0.440. The van der Waals surface area contributed by atoms with Gasteiger partial charge in [0.25, 0.3) is 10.0 Å². The number of halogens is 2. The van der Waals surface area contributed by atoms with Gasteiger partial charge < -0.3 is 0 Å². The SMILES string of the molecule is Cc1nc(NC(=O)NS(=O)(=O)C=CCCl)nc(Cl)c1[N+](=O)[O-]. The Labute approximate surface area is 134 Å². The molecule has 0 aliphatic heterocycles. The lowest BCUT2D eigenvalue weighted by Gasteiger charge is -2.06. The second kappa shape index (κ2) is 7.33. The van der Waals surface area contributed by atoms with Crippen LogP contribution in [0.15, 0.2) is 11.5 Å². The summed E-state index contributed by atoms with van der Waals surface area (Å²) < 4.78 is 24.4. The lowest BCUT2D eigenvalue weighted by Crippen LogP contribution is -2.33. The molecule has 13 heteroatoms. The molecular formula is C9H9Cl2N5O5S. The number of amides is 2. The summed E-state index contributed by atoms with van der Waals surface area (Å²) in [7, 11) is -4.03. The van der Waals surface area contributed by atoms with E-state index in [-0.39, 0.29) is 17.5 Å². The molecule has 2 N–H and O–H groups in total. The first-order valence-electron chi connectivity index (χ1n) is 5.41. The number of hydrogen-bond donors (Lipinski definition) is 2. The van der Waals surface area contributed by atoms with E-state index in [9.17, 15) is 23.3 Å². The van der Waals surface area contributed by atoms with Crippen molar-refractivity contribution in [1.29, 1.82) is 0 Å². The Morgan fingerprint density at radius 3 is 2.59 bits per heavy atom. The summed E-state index contributed by atoms with van der Waals surface area (Å²) >= 11 is 10.9. The number of aryl methyl sites for hydroxylation is 1. The Morgan fingerprint density at radius 2 is 2.09 bits per heavy atom. The molecule has 0 aliphatic carbocycles. The van der Waals surface area contributed by atoms with Gasteiger partial charge in [-0.05, 0) is 6.92 Å². The number of alkyl halides is 1. The standard InChI is InChI=1S/C9H9Cl2N5O5S/c1-5-6(16(18)19)7(11)13-8(12-5)14-9(17)15-22(20,21)4-2-3-10/h2,4H,3H2,1H3,(H2,12,13,14,15,17). The topological polar surface area (TPSA) is 144 Å². The van der Waals surface area contributed by atoms with E-state index < -0.39 is 31.8 Å². The van der Waals surface area contributed by atoms with Crippen molar-refractivity contribution in [2.24, 2.45) is 0 Å². The number of anilines is 1. The number of carbonyl (C=O) groups excluding carboxylic acids is 1. The van der Waals surface area contributed by atoms with Gasteiger partial charge in [0.2, 0.25) is 11.1 Å². The first kappa shape index (κ1) is 18.1. The van der Waals surface area contributed by atoms with E-state index in [2.05, 4.69) is 9.97 Å². The smallest absolute Gasteiger partial charge is 0.275 e. The minimum atomic E-state index is -4.03. The number of hydrogen-bond acceptors (Lipinski definition) is 7. The summed E-state index contributed by atoms with van der Waals surface area (Å²) in [5, 5.41) is 12.9. The molecule has 1 rings (SSSR count). The lowest BCUT2D eigenvalue weighted by molar-refractivity contribution is -0.385. The Kier molecular flexibility index (Phi) is 6.02. The summed E-state index contributed by atoms with van der Waals surface area (Å²) in [6, 6.07) is -1.16. The number of nitro groups is 1. The molecule has 1 aromatic heterocycles. The van der Waals surface area contributed by atoms with Crippen molar-refractivity contribution in [3.05, 3.63) is 32.4 Å². The number of allylic oxidation sites excluding steroid dienone is 1. The fraction of sp³-hybridized carbons (Fsp3) is 0.222. The molecule has 0 radical (unpaired) electrons. The van der Waals surface area contributed by atoms with Gasteiger partial charge in [0.05, 0.1) is 4.92 Å². The predicted octanol–water partition coefficient (Wildman–Crippen LogP) is 1.55. The van der Waals surface area contributed by atoms with Crippen molar-refractivity contribution in [3.63, 3.8) is 0 Å². The van der Waals surface area contributed by atoms with Crippen LogP contribution in [0.2, 0.25) is 5.15 Å². The van der Waals surface area contributed by atoms with Gasteiger partial charge in [-0.25, -0.2) is 22.9 Å². The zero-order valence-corrected chi connectivity index (χ0v) is 13.2. The van der Waals surface area contributed by atoms with Gasteiger partial charge in [0.1, 0.15) is 5.69 Å². The normalized spacial score (nSPS) is 11.4. The second-order valence-electron chi connectivity index (χ2n) is 3.66. The van der Waals surface area contributed by atoms with Gasteiger partial charge in [-0.2, -0.15) is 4.98 Å². The lowest BCUT2D eigenvalue weighted by atomic mass is 10.4. The molecule has 120 valence electrons. The van der Waals surface area contributed by atoms with Crippen LogP contribution in [-0.2, 0) is 10.0 Å². The van der Waals surface area contributed by atoms with Crippen molar-refractivity contribution in [2.45, 2.75) is 6.92 Å². The van der Waals surface area contributed by atoms with Crippen molar-refractivity contribution < 1.29 is 18.1 Å². The van der Waals surface area contributed by atoms with Crippen LogP contribution in [0, 0.1) is 17.0 Å². The van der Waals surface area contributed by atoms with E-state index in [1.165, 1.54) is 6.92 Å². The maximum Gasteiger partial charge on any atom is 0.335 e. The minimum absolute atomic E-state index is 0.0528. The van der Waals surface area contributed by atoms with Crippen LogP contribution in [0.4, 0.5) is 16.4 Å². The van der Waals surface area contributed by atoms with E-state index in [4.69, 9.17) is 23.2 Å². The molecule has 0 bridgehead atoms. The zero-order chi connectivity index (χ0) is 16.9. The first-order chi connectivity index (χ1) is 10.2. The van der Waals surface area contributed by atoms with Gasteiger partial charge in [-0.15, -0.1) is 11.6 Å². The van der Waals surface area contributed by atoms with Crippen molar-refractivity contribution in [2.75, 3.05) is 11.2 Å². The van der Waals surface area contributed by atoms with Crippen LogP contribution in [0.3, 0.4) is 0 Å². The molecule has 0 saturated carbocycles. The van der Waals surface area contributed by atoms with Crippen LogP contribution in [0.1, 0.15) is 5.69 Å². The molecule has 0 fully saturated rings. The Morgan fingerprint density at radius 1 is 1.45 bits per heavy atom. The van der Waals surface area contributed by atoms with Gasteiger partial charge >= 0.3 is 11.7 Å². The van der Waals surface area contributed by atoms with Gasteiger partial charge in [-0.1, -0.05) is 17.7 Å². The third-order valence-corrected chi connectivity index (χ3v) is 3.49. The molecule has 22 heavy (non-hydrogen) atoms. The number of urea groups is 1. The van der Waals surface area contributed by atoms with Gasteiger partial charge in [0.15, 0.2) is 0 Å². The molecule has 1 heterocycles. The summed E-state index contributed by atoms with van der Waals surface area (Å²) in [6.45, 7) is 1.29. The number of rotatable bonds is 5. The quantitative estimate of drug-likeness (QED) is 0.346. The van der Waals surface area contributed by atoms with Crippen LogP contribution < -0.4 is 10.0 Å². The Hall–Kier alpha value is -1.98. The number of aromatic nitrogens is 2. The second-order valence-corrected chi connectivity index (χ2v) is 5.89. The highest BCUT2D eigenvalue weighted by Crippen LogP contribution is 2.25. The average Bonchev–Trinajstić information content (AvgIpc) is 2.34. The van der Waals surface area contributed by atoms with Crippen LogP contribution in [0.5, 0.6) is 0 Å². The summed E-state index contributed by atoms with van der Waals surface area (Å²) in [5.41, 5.74) is -0.601. The van der Waals surface area contributed by atoms with Crippen LogP contribution in [-0.4, -0.2) is 35.2 Å². The van der Waals surface area contributed by atoms with E-state index in [1.54, 1.807) is 4.72 Å². The van der Waals surface area contributed by atoms with Crippen molar-refractivity contribution in [1.82, 2.24) is 14.7 Å². The highest BCUT2D eigenvalue weighted by atomic mass is 35.5. The number of sulfonamides is 1. The Bertz CT molecular complexity index is 713. The monoisotopic (exact) mass is 369 g/mol. The predicted molar refractivity (Wildman–Crippen MR) is 79.4 cm³/mol. The molecular weight excluding hydrogens is 361 g/mol. The molecule has 0 saturated heterocycles. The number of nitrogens with zero attached hydrogens (tertiary/aromatic N) is 3. The average molecular weight is 370 g/mol. The molecule has 0 unspecified atom stereocenters. The first-order valence-corrected chi connectivity index (χ1v) is 7.87. The number of carbonyl (C=O) groups is 1. The van der Waals surface area contributed by atoms with Gasteiger partial charge in [-0.3, -0.25) is 15.4 Å². The maximum atomic E-state index is 11.5. The molecule has 10 nitrogen and oxygen atoms in total. The summed E-state index contributed by atoms with van der Waals surface area (Å²) in [4.78, 5) is 28.6. The third kappa shape index (κ3) is 5.09. The maximum absolute atomic E-state index is 11.5. The molecule has 0 spiro atoms. The largest absolute Gasteiger partial charge is 0.335 e. The van der Waals surface area contributed by atoms with Crippen molar-refractivity contribution in [3.8, 4) is 0 Å². The fourth-order valence-electron chi connectivity index (χ4n) is 1.25. The minimum Gasteiger partial charge on any atom is -0.275 e. The van der Waals surface area contributed by atoms with Crippen LogP contribution >= 0.6 is 23.2 Å². The molecule has 0 aromatic carbocycles. The Balaban J connectivity index is 2.90. The van der Waals surface area contributed by atoms with E-state index in [0.29, 0.717) is 5.41 Å². The molecule has 0 atom stereocenters. The van der Waals surface area contributed by atoms with E-state index >= 15 is 0 Å². The van der Waals surface area contributed by atoms with E-state index in [1.807, 2.05) is 5.32 Å². The van der Waals surface area contributed by atoms with Crippen molar-refractivity contribution >= 4 is 50.9 Å². The van der Waals surface area contributed by atoms with Crippen LogP contribution in [0.25, 0.3) is 0 Å². The molecule has 0 aliphatic rings. The number of nitrogens with one attached hydrogen (secondary N) is 2. The third-order valence-electron chi connectivity index (χ3n) is 2.02. The fourth-order valence-corrected chi connectivity index (χ4v) is 2.46. The molecule has 1 aromatic rings. The van der Waals surface area contributed by atoms with Gasteiger partial charge in [0, 0.05) is 11.3 Å². The summed E-state index contributed by atoms with van der Waals surface area (Å²) in [6.07, 6.45) is 1.11. The highest BCUT2D eigenvalue weighted by molar-refractivity contribution is 7.92. The molecule has 2 amide bonds. The zero-order valence-electron chi connectivity index (χ0n) is 10.9.